The molecule has 0 bridgehead atoms. The van der Waals surface area contributed by atoms with Crippen LogP contribution in [0.4, 0.5) is 5.69 Å². The molecule has 0 saturated heterocycles. The van der Waals surface area contributed by atoms with Crippen LogP contribution in [-0.4, -0.2) is 30.3 Å². The SMILES string of the molecule is COCCNCc1noc(-c2cccc([N+](=O)[O-])c2)c1C. The largest absolute Gasteiger partial charge is 0.383 e. The molecule has 1 N–H and O–H groups in total. The molecule has 0 atom stereocenters. The predicted octanol–water partition coefficient (Wildman–Crippen LogP) is 2.29. The van der Waals surface area contributed by atoms with Crippen molar-refractivity contribution in [1.29, 1.82) is 0 Å². The molecule has 0 saturated carbocycles. The zero-order valence-electron chi connectivity index (χ0n) is 12.0. The van der Waals surface area contributed by atoms with Crippen LogP contribution in [-0.2, 0) is 11.3 Å². The molecule has 1 heterocycles. The van der Waals surface area contributed by atoms with Gasteiger partial charge in [0.15, 0.2) is 5.76 Å². The van der Waals surface area contributed by atoms with Gasteiger partial charge < -0.3 is 14.6 Å². The average Bonchev–Trinajstić information content (AvgIpc) is 2.85. The summed E-state index contributed by atoms with van der Waals surface area (Å²) in [6.45, 7) is 3.79. The quantitative estimate of drug-likeness (QED) is 0.478. The standard InChI is InChI=1S/C14H17N3O4/c1-10-13(9-15-6-7-20-2)16-21-14(10)11-4-3-5-12(8-11)17(18)19/h3-5,8,15H,6-7,9H2,1-2H3. The van der Waals surface area contributed by atoms with Crippen molar-refractivity contribution in [2.45, 2.75) is 13.5 Å². The van der Waals surface area contributed by atoms with Crippen LogP contribution in [0.15, 0.2) is 28.8 Å². The van der Waals surface area contributed by atoms with Crippen molar-refractivity contribution in [1.82, 2.24) is 10.5 Å². The molecule has 21 heavy (non-hydrogen) atoms. The van der Waals surface area contributed by atoms with Crippen LogP contribution in [0.2, 0.25) is 0 Å². The number of methoxy groups -OCH3 is 1. The van der Waals surface area contributed by atoms with E-state index in [1.54, 1.807) is 19.2 Å². The van der Waals surface area contributed by atoms with Crippen LogP contribution in [0.3, 0.4) is 0 Å². The molecule has 0 fully saturated rings. The van der Waals surface area contributed by atoms with Crippen molar-refractivity contribution in [3.05, 3.63) is 45.6 Å². The van der Waals surface area contributed by atoms with Gasteiger partial charge in [-0.3, -0.25) is 10.1 Å². The van der Waals surface area contributed by atoms with E-state index in [0.717, 1.165) is 17.8 Å². The van der Waals surface area contributed by atoms with Crippen molar-refractivity contribution < 1.29 is 14.2 Å². The molecule has 0 aliphatic heterocycles. The van der Waals surface area contributed by atoms with Gasteiger partial charge in [-0.2, -0.15) is 0 Å². The van der Waals surface area contributed by atoms with E-state index in [1.165, 1.54) is 12.1 Å². The summed E-state index contributed by atoms with van der Waals surface area (Å²) >= 11 is 0. The molecule has 112 valence electrons. The number of benzene rings is 1. The Kier molecular flexibility index (Phi) is 5.02. The first-order chi connectivity index (χ1) is 10.1. The van der Waals surface area contributed by atoms with Crippen LogP contribution in [0.5, 0.6) is 0 Å². The Morgan fingerprint density at radius 1 is 1.48 bits per heavy atom. The summed E-state index contributed by atoms with van der Waals surface area (Å²) in [5.74, 6) is 0.558. The zero-order valence-corrected chi connectivity index (χ0v) is 12.0. The van der Waals surface area contributed by atoms with Crippen molar-refractivity contribution in [3.8, 4) is 11.3 Å². The maximum atomic E-state index is 10.8. The van der Waals surface area contributed by atoms with Gasteiger partial charge in [-0.25, -0.2) is 0 Å². The smallest absolute Gasteiger partial charge is 0.270 e. The normalized spacial score (nSPS) is 10.8. The molecule has 0 unspecified atom stereocenters. The summed E-state index contributed by atoms with van der Waals surface area (Å²) in [6, 6.07) is 6.33. The first-order valence-electron chi connectivity index (χ1n) is 6.53. The molecule has 0 aliphatic rings. The Bertz CT molecular complexity index is 624. The third-order valence-electron chi connectivity index (χ3n) is 3.12. The van der Waals surface area contributed by atoms with E-state index in [4.69, 9.17) is 9.26 Å². The number of rotatable bonds is 7. The van der Waals surface area contributed by atoms with Gasteiger partial charge in [0, 0.05) is 43.5 Å². The molecular formula is C14H17N3O4. The van der Waals surface area contributed by atoms with Crippen molar-refractivity contribution >= 4 is 5.69 Å². The highest BCUT2D eigenvalue weighted by Gasteiger charge is 2.15. The average molecular weight is 291 g/mol. The van der Waals surface area contributed by atoms with Crippen LogP contribution in [0, 0.1) is 17.0 Å². The van der Waals surface area contributed by atoms with Gasteiger partial charge in [0.25, 0.3) is 5.69 Å². The minimum Gasteiger partial charge on any atom is -0.383 e. The maximum absolute atomic E-state index is 10.8. The first kappa shape index (κ1) is 15.1. The van der Waals surface area contributed by atoms with Crippen LogP contribution >= 0.6 is 0 Å². The lowest BCUT2D eigenvalue weighted by Crippen LogP contribution is -2.19. The lowest BCUT2D eigenvalue weighted by Gasteiger charge is -2.02. The Labute approximate surface area is 122 Å². The second-order valence-electron chi connectivity index (χ2n) is 4.56. The molecular weight excluding hydrogens is 274 g/mol. The van der Waals surface area contributed by atoms with Gasteiger partial charge in [-0.1, -0.05) is 17.3 Å². The minimum absolute atomic E-state index is 0.0306. The molecule has 7 nitrogen and oxygen atoms in total. The molecule has 0 amide bonds. The molecule has 2 rings (SSSR count). The molecule has 0 aliphatic carbocycles. The number of nitro benzene ring substituents is 1. The number of hydrogen-bond acceptors (Lipinski definition) is 6. The molecule has 0 spiro atoms. The van der Waals surface area contributed by atoms with Gasteiger partial charge in [-0.15, -0.1) is 0 Å². The number of nitro groups is 1. The Balaban J connectivity index is 2.16. The number of non-ortho nitro benzene ring substituents is 1. The third-order valence-corrected chi connectivity index (χ3v) is 3.12. The van der Waals surface area contributed by atoms with E-state index in [0.29, 0.717) is 24.5 Å². The van der Waals surface area contributed by atoms with Gasteiger partial charge in [0.05, 0.1) is 11.5 Å². The fourth-order valence-corrected chi connectivity index (χ4v) is 1.94. The van der Waals surface area contributed by atoms with E-state index in [9.17, 15) is 10.1 Å². The highest BCUT2D eigenvalue weighted by molar-refractivity contribution is 5.64. The fourth-order valence-electron chi connectivity index (χ4n) is 1.94. The molecule has 7 heteroatoms. The zero-order chi connectivity index (χ0) is 15.2. The number of nitrogens with one attached hydrogen (secondary N) is 1. The lowest BCUT2D eigenvalue weighted by molar-refractivity contribution is -0.384. The number of ether oxygens (including phenoxy) is 1. The summed E-state index contributed by atoms with van der Waals surface area (Å²) in [6.07, 6.45) is 0. The van der Waals surface area contributed by atoms with E-state index in [2.05, 4.69) is 10.5 Å². The van der Waals surface area contributed by atoms with Gasteiger partial charge in [-0.05, 0) is 6.92 Å². The van der Waals surface area contributed by atoms with Gasteiger partial charge in [0.1, 0.15) is 5.69 Å². The summed E-state index contributed by atoms with van der Waals surface area (Å²) in [5, 5.41) is 18.0. The van der Waals surface area contributed by atoms with E-state index >= 15 is 0 Å². The first-order valence-corrected chi connectivity index (χ1v) is 6.53. The summed E-state index contributed by atoms with van der Waals surface area (Å²) in [5.41, 5.74) is 2.34. The summed E-state index contributed by atoms with van der Waals surface area (Å²) in [4.78, 5) is 10.4. The lowest BCUT2D eigenvalue weighted by atomic mass is 10.1. The minimum atomic E-state index is -0.428. The molecule has 1 aromatic heterocycles. The van der Waals surface area contributed by atoms with Crippen molar-refractivity contribution in [2.24, 2.45) is 0 Å². The van der Waals surface area contributed by atoms with Gasteiger partial charge >= 0.3 is 0 Å². The highest BCUT2D eigenvalue weighted by Crippen LogP contribution is 2.28. The summed E-state index contributed by atoms with van der Waals surface area (Å²) < 4.78 is 10.3. The molecule has 2 aromatic rings. The van der Waals surface area contributed by atoms with Crippen molar-refractivity contribution in [2.75, 3.05) is 20.3 Å². The van der Waals surface area contributed by atoms with E-state index in [-0.39, 0.29) is 5.69 Å². The second-order valence-corrected chi connectivity index (χ2v) is 4.56. The Morgan fingerprint density at radius 3 is 3.00 bits per heavy atom. The fraction of sp³-hybridized carbons (Fsp3) is 0.357. The van der Waals surface area contributed by atoms with Crippen LogP contribution in [0.1, 0.15) is 11.3 Å². The van der Waals surface area contributed by atoms with Crippen LogP contribution in [0.25, 0.3) is 11.3 Å². The Hall–Kier alpha value is -2.25. The highest BCUT2D eigenvalue weighted by atomic mass is 16.6. The molecule has 0 radical (unpaired) electrons. The van der Waals surface area contributed by atoms with E-state index < -0.39 is 4.92 Å². The third kappa shape index (κ3) is 3.65. The Morgan fingerprint density at radius 2 is 2.29 bits per heavy atom. The number of aromatic nitrogens is 1. The number of hydrogen-bond donors (Lipinski definition) is 1. The monoisotopic (exact) mass is 291 g/mol. The maximum Gasteiger partial charge on any atom is 0.270 e. The number of nitrogens with zero attached hydrogens (tertiary/aromatic N) is 2. The van der Waals surface area contributed by atoms with Gasteiger partial charge in [0.2, 0.25) is 0 Å². The molecule has 1 aromatic carbocycles. The topological polar surface area (TPSA) is 90.4 Å². The van der Waals surface area contributed by atoms with E-state index in [1.807, 2.05) is 6.92 Å². The van der Waals surface area contributed by atoms with Crippen LogP contribution < -0.4 is 5.32 Å². The summed E-state index contributed by atoms with van der Waals surface area (Å²) in [7, 11) is 1.64. The van der Waals surface area contributed by atoms with Crippen molar-refractivity contribution in [3.63, 3.8) is 0 Å². The predicted molar refractivity (Wildman–Crippen MR) is 76.9 cm³/mol. The second kappa shape index (κ2) is 6.96.